The SMILES string of the molecule is COC1[C@H](O)[C@H](O)C(Oc2ccc3cc(NC(C)=O)c(=O)oc3c2)OC1(C)C. The number of methoxy groups -OCH3 is 1. The highest BCUT2D eigenvalue weighted by molar-refractivity contribution is 5.91. The van der Waals surface area contributed by atoms with Gasteiger partial charge in [-0.25, -0.2) is 4.79 Å². The lowest BCUT2D eigenvalue weighted by Gasteiger charge is -2.46. The minimum atomic E-state index is -1.34. The number of carbonyl (C=O) groups excluding carboxylic acids is 1. The number of rotatable bonds is 4. The summed E-state index contributed by atoms with van der Waals surface area (Å²) in [6.45, 7) is 4.73. The van der Waals surface area contributed by atoms with Crippen LogP contribution in [0.5, 0.6) is 5.75 Å². The minimum absolute atomic E-state index is 0.0372. The van der Waals surface area contributed by atoms with E-state index in [0.717, 1.165) is 0 Å². The lowest BCUT2D eigenvalue weighted by Crippen LogP contribution is -2.63. The molecule has 1 aromatic heterocycles. The minimum Gasteiger partial charge on any atom is -0.462 e. The van der Waals surface area contributed by atoms with Crippen molar-refractivity contribution >= 4 is 22.6 Å². The monoisotopic (exact) mass is 393 g/mol. The highest BCUT2D eigenvalue weighted by Gasteiger charge is 2.50. The van der Waals surface area contributed by atoms with Gasteiger partial charge in [-0.05, 0) is 32.0 Å². The molecule has 9 heteroatoms. The van der Waals surface area contributed by atoms with E-state index < -0.39 is 35.8 Å². The van der Waals surface area contributed by atoms with Gasteiger partial charge < -0.3 is 34.2 Å². The summed E-state index contributed by atoms with van der Waals surface area (Å²) < 4.78 is 21.9. The first-order chi connectivity index (χ1) is 13.1. The van der Waals surface area contributed by atoms with Crippen molar-refractivity contribution in [1.82, 2.24) is 0 Å². The number of aliphatic hydroxyl groups is 2. The Balaban J connectivity index is 1.86. The van der Waals surface area contributed by atoms with Gasteiger partial charge in [0.25, 0.3) is 0 Å². The number of benzene rings is 1. The standard InChI is InChI=1S/C19H23NO8/c1-9(21)20-12-7-10-5-6-11(8-13(10)27-17(12)24)26-18-15(23)14(22)16(25-4)19(2,3)28-18/h5-8,14-16,18,22-23H,1-4H3,(H,20,21)/t14-,15+,16?,18?/m1/s1. The number of ether oxygens (including phenoxy) is 3. The van der Waals surface area contributed by atoms with Crippen molar-refractivity contribution < 1.29 is 33.6 Å². The van der Waals surface area contributed by atoms with Crippen LogP contribution in [0.4, 0.5) is 5.69 Å². The lowest BCUT2D eigenvalue weighted by molar-refractivity contribution is -0.305. The van der Waals surface area contributed by atoms with Gasteiger partial charge in [0.15, 0.2) is 0 Å². The fourth-order valence-electron chi connectivity index (χ4n) is 3.28. The van der Waals surface area contributed by atoms with E-state index >= 15 is 0 Å². The van der Waals surface area contributed by atoms with Crippen LogP contribution in [0.2, 0.25) is 0 Å². The van der Waals surface area contributed by atoms with Gasteiger partial charge in [0, 0.05) is 25.5 Å². The fraction of sp³-hybridized carbons (Fsp3) is 0.474. The molecule has 9 nitrogen and oxygen atoms in total. The van der Waals surface area contributed by atoms with Gasteiger partial charge in [0.05, 0.1) is 5.60 Å². The molecule has 152 valence electrons. The molecule has 4 atom stereocenters. The highest BCUT2D eigenvalue weighted by atomic mass is 16.7. The zero-order chi connectivity index (χ0) is 20.6. The maximum atomic E-state index is 12.0. The Morgan fingerprint density at radius 2 is 1.93 bits per heavy atom. The van der Waals surface area contributed by atoms with Crippen LogP contribution in [0.1, 0.15) is 20.8 Å². The van der Waals surface area contributed by atoms with Crippen LogP contribution in [0.3, 0.4) is 0 Å². The number of fused-ring (bicyclic) bond motifs is 1. The average molecular weight is 393 g/mol. The molecule has 1 aromatic carbocycles. The second-order valence-corrected chi connectivity index (χ2v) is 7.17. The van der Waals surface area contributed by atoms with E-state index in [-0.39, 0.29) is 22.9 Å². The maximum Gasteiger partial charge on any atom is 0.360 e. The van der Waals surface area contributed by atoms with Gasteiger partial charge in [-0.1, -0.05) is 0 Å². The van der Waals surface area contributed by atoms with Crippen LogP contribution in [-0.4, -0.2) is 53.4 Å². The first kappa shape index (κ1) is 20.3. The predicted octanol–water partition coefficient (Wildman–Crippen LogP) is 1.00. The molecule has 2 heterocycles. The Labute approximate surface area is 160 Å². The van der Waals surface area contributed by atoms with Gasteiger partial charge in [-0.15, -0.1) is 0 Å². The molecule has 0 aliphatic carbocycles. The molecule has 3 rings (SSSR count). The van der Waals surface area contributed by atoms with Gasteiger partial charge in [0.1, 0.15) is 35.3 Å². The third-order valence-corrected chi connectivity index (χ3v) is 4.57. The number of anilines is 1. The summed E-state index contributed by atoms with van der Waals surface area (Å²) in [4.78, 5) is 23.1. The first-order valence-corrected chi connectivity index (χ1v) is 8.71. The molecule has 2 aromatic rings. The summed E-state index contributed by atoms with van der Waals surface area (Å²) in [5, 5.41) is 23.6. The van der Waals surface area contributed by atoms with Crippen molar-refractivity contribution in [3.63, 3.8) is 0 Å². The Hall–Kier alpha value is -2.46. The van der Waals surface area contributed by atoms with Crippen LogP contribution in [0.25, 0.3) is 11.0 Å². The quantitative estimate of drug-likeness (QED) is 0.657. The van der Waals surface area contributed by atoms with Gasteiger partial charge >= 0.3 is 5.63 Å². The zero-order valence-corrected chi connectivity index (χ0v) is 16.0. The van der Waals surface area contributed by atoms with E-state index in [1.165, 1.54) is 26.2 Å². The predicted molar refractivity (Wildman–Crippen MR) is 99.2 cm³/mol. The number of carbonyl (C=O) groups is 1. The highest BCUT2D eigenvalue weighted by Crippen LogP contribution is 2.33. The Bertz CT molecular complexity index is 937. The Kier molecular flexibility index (Phi) is 5.44. The molecule has 1 aliphatic rings. The van der Waals surface area contributed by atoms with Crippen LogP contribution in [-0.2, 0) is 14.3 Å². The van der Waals surface area contributed by atoms with E-state index in [4.69, 9.17) is 18.6 Å². The molecule has 0 saturated carbocycles. The molecule has 28 heavy (non-hydrogen) atoms. The van der Waals surface area contributed by atoms with Crippen LogP contribution in [0.15, 0.2) is 33.5 Å². The van der Waals surface area contributed by atoms with E-state index in [1.807, 2.05) is 0 Å². The van der Waals surface area contributed by atoms with E-state index in [9.17, 15) is 19.8 Å². The molecule has 1 aliphatic heterocycles. The molecule has 3 N–H and O–H groups in total. The molecule has 1 fully saturated rings. The summed E-state index contributed by atoms with van der Waals surface area (Å²) in [5.41, 5.74) is -1.34. The molecule has 0 bridgehead atoms. The lowest BCUT2D eigenvalue weighted by atomic mass is 9.89. The topological polar surface area (TPSA) is 127 Å². The van der Waals surface area contributed by atoms with E-state index in [0.29, 0.717) is 5.39 Å². The van der Waals surface area contributed by atoms with Crippen LogP contribution >= 0.6 is 0 Å². The number of amides is 1. The van der Waals surface area contributed by atoms with Crippen LogP contribution < -0.4 is 15.7 Å². The third kappa shape index (κ3) is 3.88. The fourth-order valence-corrected chi connectivity index (χ4v) is 3.28. The zero-order valence-electron chi connectivity index (χ0n) is 16.0. The summed E-state index contributed by atoms with van der Waals surface area (Å²) in [5.74, 6) is -0.114. The van der Waals surface area contributed by atoms with Crippen molar-refractivity contribution in [1.29, 1.82) is 0 Å². The molecule has 1 amide bonds. The van der Waals surface area contributed by atoms with Crippen molar-refractivity contribution in [2.45, 2.75) is 51.0 Å². The largest absolute Gasteiger partial charge is 0.462 e. The Morgan fingerprint density at radius 1 is 1.21 bits per heavy atom. The number of hydrogen-bond acceptors (Lipinski definition) is 8. The van der Waals surface area contributed by atoms with Crippen molar-refractivity contribution in [2.24, 2.45) is 0 Å². The molecule has 2 unspecified atom stereocenters. The Morgan fingerprint density at radius 3 is 2.57 bits per heavy atom. The summed E-state index contributed by atoms with van der Waals surface area (Å²) >= 11 is 0. The molecular weight excluding hydrogens is 370 g/mol. The number of nitrogens with one attached hydrogen (secondary N) is 1. The summed E-state index contributed by atoms with van der Waals surface area (Å²) in [6.07, 6.45) is -4.44. The van der Waals surface area contributed by atoms with Gasteiger partial charge in [0.2, 0.25) is 12.2 Å². The molecule has 0 radical (unpaired) electrons. The average Bonchev–Trinajstić information content (AvgIpc) is 2.60. The second-order valence-electron chi connectivity index (χ2n) is 7.17. The summed E-state index contributed by atoms with van der Waals surface area (Å²) in [7, 11) is 1.42. The van der Waals surface area contributed by atoms with Crippen molar-refractivity contribution in [3.05, 3.63) is 34.7 Å². The number of aliphatic hydroxyl groups excluding tert-OH is 2. The van der Waals surface area contributed by atoms with Crippen molar-refractivity contribution in [3.8, 4) is 5.75 Å². The second kappa shape index (κ2) is 7.51. The van der Waals surface area contributed by atoms with Crippen LogP contribution in [0, 0.1) is 0 Å². The molecular formula is C19H23NO8. The normalized spacial score (nSPS) is 26.8. The van der Waals surface area contributed by atoms with E-state index in [2.05, 4.69) is 5.32 Å². The maximum absolute atomic E-state index is 12.0. The first-order valence-electron chi connectivity index (χ1n) is 8.71. The molecule has 0 spiro atoms. The third-order valence-electron chi connectivity index (χ3n) is 4.57. The van der Waals surface area contributed by atoms with Gasteiger partial charge in [-0.3, -0.25) is 4.79 Å². The number of hydrogen-bond donors (Lipinski definition) is 3. The smallest absolute Gasteiger partial charge is 0.360 e. The van der Waals surface area contributed by atoms with Gasteiger partial charge in [-0.2, -0.15) is 0 Å². The summed E-state index contributed by atoms with van der Waals surface area (Å²) in [6, 6.07) is 6.19. The molecule has 1 saturated heterocycles. The van der Waals surface area contributed by atoms with Crippen molar-refractivity contribution in [2.75, 3.05) is 12.4 Å². The van der Waals surface area contributed by atoms with E-state index in [1.54, 1.807) is 26.0 Å².